The standard InChI is InChI=1S/C15H23N3O5/c1-10(2)16-11(19)9-23-12(20)8-18-13(21)15(17-14(18)22)6-4-3-5-7-15/h10H,3-9H2,1-2H3,(H,16,19)(H,17,22). The molecule has 2 N–H and O–H groups in total. The molecule has 1 aliphatic carbocycles. The lowest BCUT2D eigenvalue weighted by atomic mass is 9.82. The Balaban J connectivity index is 1.87. The van der Waals surface area contributed by atoms with Crippen LogP contribution in [0.5, 0.6) is 0 Å². The van der Waals surface area contributed by atoms with Crippen molar-refractivity contribution in [3.05, 3.63) is 0 Å². The van der Waals surface area contributed by atoms with Crippen molar-refractivity contribution >= 4 is 23.8 Å². The summed E-state index contributed by atoms with van der Waals surface area (Å²) < 4.78 is 4.81. The molecule has 1 aliphatic heterocycles. The molecule has 0 unspecified atom stereocenters. The van der Waals surface area contributed by atoms with Crippen LogP contribution in [-0.2, 0) is 19.1 Å². The topological polar surface area (TPSA) is 105 Å². The number of carbonyl (C=O) groups excluding carboxylic acids is 4. The summed E-state index contributed by atoms with van der Waals surface area (Å²) in [5.41, 5.74) is -0.857. The lowest BCUT2D eigenvalue weighted by Gasteiger charge is -2.30. The maximum Gasteiger partial charge on any atom is 0.326 e. The molecule has 1 spiro atoms. The van der Waals surface area contributed by atoms with E-state index in [2.05, 4.69) is 10.6 Å². The fraction of sp³-hybridized carbons (Fsp3) is 0.733. The second-order valence-electron chi connectivity index (χ2n) is 6.35. The van der Waals surface area contributed by atoms with Crippen molar-refractivity contribution in [2.24, 2.45) is 0 Å². The van der Waals surface area contributed by atoms with Gasteiger partial charge in [-0.15, -0.1) is 0 Å². The van der Waals surface area contributed by atoms with Crippen LogP contribution in [0.4, 0.5) is 4.79 Å². The maximum atomic E-state index is 12.5. The number of carbonyl (C=O) groups is 4. The van der Waals surface area contributed by atoms with Gasteiger partial charge in [-0.2, -0.15) is 0 Å². The van der Waals surface area contributed by atoms with E-state index in [0.29, 0.717) is 12.8 Å². The van der Waals surface area contributed by atoms with Gasteiger partial charge in [0.05, 0.1) is 0 Å². The molecule has 0 atom stereocenters. The first-order valence-electron chi connectivity index (χ1n) is 7.93. The van der Waals surface area contributed by atoms with Crippen LogP contribution in [0, 0.1) is 0 Å². The molecule has 0 radical (unpaired) electrons. The number of hydrogen-bond acceptors (Lipinski definition) is 5. The number of amides is 4. The van der Waals surface area contributed by atoms with Gasteiger partial charge in [0, 0.05) is 6.04 Å². The highest BCUT2D eigenvalue weighted by Gasteiger charge is 2.51. The Labute approximate surface area is 134 Å². The summed E-state index contributed by atoms with van der Waals surface area (Å²) in [5, 5.41) is 5.30. The van der Waals surface area contributed by atoms with Crippen molar-refractivity contribution < 1.29 is 23.9 Å². The van der Waals surface area contributed by atoms with Gasteiger partial charge >= 0.3 is 12.0 Å². The number of esters is 1. The molecule has 0 bridgehead atoms. The van der Waals surface area contributed by atoms with Crippen molar-refractivity contribution in [3.63, 3.8) is 0 Å². The van der Waals surface area contributed by atoms with E-state index in [1.54, 1.807) is 13.8 Å². The van der Waals surface area contributed by atoms with Gasteiger partial charge in [-0.3, -0.25) is 19.3 Å². The molecule has 128 valence electrons. The minimum atomic E-state index is -0.857. The van der Waals surface area contributed by atoms with E-state index in [0.717, 1.165) is 24.2 Å². The molecule has 2 rings (SSSR count). The number of ether oxygens (including phenoxy) is 1. The minimum absolute atomic E-state index is 0.0571. The monoisotopic (exact) mass is 325 g/mol. The molecule has 0 aromatic heterocycles. The molecule has 2 fully saturated rings. The summed E-state index contributed by atoms with van der Waals surface area (Å²) >= 11 is 0. The van der Waals surface area contributed by atoms with Crippen LogP contribution < -0.4 is 10.6 Å². The predicted molar refractivity (Wildman–Crippen MR) is 80.3 cm³/mol. The van der Waals surface area contributed by atoms with Crippen LogP contribution in [0.3, 0.4) is 0 Å². The molecule has 1 heterocycles. The third-order valence-electron chi connectivity index (χ3n) is 4.05. The van der Waals surface area contributed by atoms with E-state index in [-0.39, 0.29) is 11.9 Å². The summed E-state index contributed by atoms with van der Waals surface area (Å²) in [6.07, 6.45) is 3.98. The number of nitrogens with one attached hydrogen (secondary N) is 2. The number of urea groups is 1. The van der Waals surface area contributed by atoms with Crippen molar-refractivity contribution in [1.82, 2.24) is 15.5 Å². The Morgan fingerprint density at radius 1 is 1.26 bits per heavy atom. The smallest absolute Gasteiger partial charge is 0.326 e. The predicted octanol–water partition coefficient (Wildman–Crippen LogP) is 0.309. The van der Waals surface area contributed by atoms with Gasteiger partial charge in [-0.05, 0) is 26.7 Å². The van der Waals surface area contributed by atoms with Crippen LogP contribution in [0.1, 0.15) is 46.0 Å². The molecule has 0 aromatic carbocycles. The quantitative estimate of drug-likeness (QED) is 0.559. The van der Waals surface area contributed by atoms with E-state index in [4.69, 9.17) is 4.74 Å². The molecule has 23 heavy (non-hydrogen) atoms. The lowest BCUT2D eigenvalue weighted by Crippen LogP contribution is -2.48. The first-order chi connectivity index (χ1) is 10.8. The molecular formula is C15H23N3O5. The summed E-state index contributed by atoms with van der Waals surface area (Å²) in [7, 11) is 0. The van der Waals surface area contributed by atoms with Crippen LogP contribution in [0.15, 0.2) is 0 Å². The first-order valence-corrected chi connectivity index (χ1v) is 7.93. The Hall–Kier alpha value is -2.12. The molecule has 8 heteroatoms. The van der Waals surface area contributed by atoms with Crippen LogP contribution >= 0.6 is 0 Å². The van der Waals surface area contributed by atoms with Gasteiger partial charge < -0.3 is 15.4 Å². The zero-order chi connectivity index (χ0) is 17.0. The number of hydrogen-bond donors (Lipinski definition) is 2. The minimum Gasteiger partial charge on any atom is -0.454 e. The molecule has 1 saturated carbocycles. The molecule has 4 amide bonds. The number of nitrogens with zero attached hydrogens (tertiary/aromatic N) is 1. The van der Waals surface area contributed by atoms with Gasteiger partial charge in [-0.25, -0.2) is 4.79 Å². The Morgan fingerprint density at radius 3 is 2.52 bits per heavy atom. The number of imide groups is 1. The van der Waals surface area contributed by atoms with Crippen LogP contribution in [-0.4, -0.2) is 53.4 Å². The maximum absolute atomic E-state index is 12.5. The van der Waals surface area contributed by atoms with Gasteiger partial charge in [0.2, 0.25) is 0 Å². The van der Waals surface area contributed by atoms with E-state index >= 15 is 0 Å². The summed E-state index contributed by atoms with van der Waals surface area (Å²) in [5.74, 6) is -1.57. The molecule has 0 aromatic rings. The molecule has 2 aliphatic rings. The fourth-order valence-corrected chi connectivity index (χ4v) is 3.00. The normalized spacial score (nSPS) is 19.9. The van der Waals surface area contributed by atoms with Gasteiger partial charge in [-0.1, -0.05) is 19.3 Å². The summed E-state index contributed by atoms with van der Waals surface area (Å²) in [6.45, 7) is 2.68. The third kappa shape index (κ3) is 4.00. The highest BCUT2D eigenvalue weighted by molar-refractivity contribution is 6.08. The summed E-state index contributed by atoms with van der Waals surface area (Å²) in [4.78, 5) is 48.5. The van der Waals surface area contributed by atoms with E-state index in [1.165, 1.54) is 0 Å². The van der Waals surface area contributed by atoms with E-state index in [1.807, 2.05) is 0 Å². The zero-order valence-electron chi connectivity index (χ0n) is 13.5. The first kappa shape index (κ1) is 17.2. The zero-order valence-corrected chi connectivity index (χ0v) is 13.5. The Morgan fingerprint density at radius 2 is 1.91 bits per heavy atom. The Kier molecular flexibility index (Phi) is 5.23. The molecular weight excluding hydrogens is 302 g/mol. The van der Waals surface area contributed by atoms with E-state index < -0.39 is 36.6 Å². The summed E-state index contributed by atoms with van der Waals surface area (Å²) in [6, 6.07) is -0.626. The second kappa shape index (κ2) is 6.97. The number of rotatable bonds is 5. The average Bonchev–Trinajstić information content (AvgIpc) is 2.70. The average molecular weight is 325 g/mol. The van der Waals surface area contributed by atoms with Gasteiger partial charge in [0.1, 0.15) is 12.1 Å². The van der Waals surface area contributed by atoms with Crippen molar-refractivity contribution in [2.45, 2.75) is 57.5 Å². The van der Waals surface area contributed by atoms with Crippen molar-refractivity contribution in [2.75, 3.05) is 13.2 Å². The second-order valence-corrected chi connectivity index (χ2v) is 6.35. The molecule has 8 nitrogen and oxygen atoms in total. The van der Waals surface area contributed by atoms with Crippen molar-refractivity contribution in [1.29, 1.82) is 0 Å². The SMILES string of the molecule is CC(C)NC(=O)COC(=O)CN1C(=O)NC2(CCCCC2)C1=O. The third-order valence-corrected chi connectivity index (χ3v) is 4.05. The Bertz CT molecular complexity index is 511. The fourth-order valence-electron chi connectivity index (χ4n) is 3.00. The highest BCUT2D eigenvalue weighted by atomic mass is 16.5. The van der Waals surface area contributed by atoms with E-state index in [9.17, 15) is 19.2 Å². The van der Waals surface area contributed by atoms with Crippen LogP contribution in [0.2, 0.25) is 0 Å². The lowest BCUT2D eigenvalue weighted by molar-refractivity contribution is -0.151. The van der Waals surface area contributed by atoms with Crippen molar-refractivity contribution in [3.8, 4) is 0 Å². The molecule has 1 saturated heterocycles. The van der Waals surface area contributed by atoms with Gasteiger partial charge in [0.15, 0.2) is 6.61 Å². The van der Waals surface area contributed by atoms with Crippen LogP contribution in [0.25, 0.3) is 0 Å². The largest absolute Gasteiger partial charge is 0.454 e. The van der Waals surface area contributed by atoms with Gasteiger partial charge in [0.25, 0.3) is 11.8 Å². The highest BCUT2D eigenvalue weighted by Crippen LogP contribution is 2.33.